The van der Waals surface area contributed by atoms with Crippen molar-refractivity contribution in [3.05, 3.63) is 27.7 Å². The second-order valence-corrected chi connectivity index (χ2v) is 3.34. The number of hydrogen-bond donors (Lipinski definition) is 0. The maximum Gasteiger partial charge on any atom is 0.227 e. The van der Waals surface area contributed by atoms with Crippen LogP contribution in [-0.4, -0.2) is 4.98 Å². The van der Waals surface area contributed by atoms with Crippen LogP contribution in [-0.2, 0) is 0 Å². The van der Waals surface area contributed by atoms with E-state index < -0.39 is 0 Å². The smallest absolute Gasteiger partial charge is 0.227 e. The molecule has 0 aliphatic heterocycles. The third kappa shape index (κ3) is 1.16. The molecule has 2 heterocycles. The van der Waals surface area contributed by atoms with E-state index in [9.17, 15) is 0 Å². The summed E-state index contributed by atoms with van der Waals surface area (Å²) in [4.78, 5) is 3.98. The van der Waals surface area contributed by atoms with E-state index in [1.807, 2.05) is 12.1 Å². The number of nitriles is 1. The van der Waals surface area contributed by atoms with Gasteiger partial charge in [0.2, 0.25) is 5.71 Å². The largest absolute Gasteiger partial charge is 0.432 e. The van der Waals surface area contributed by atoms with Gasteiger partial charge in [0.15, 0.2) is 3.77 Å². The summed E-state index contributed by atoms with van der Waals surface area (Å²) in [7, 11) is 0. The second-order valence-electron chi connectivity index (χ2n) is 2.28. The van der Waals surface area contributed by atoms with Crippen LogP contribution >= 0.6 is 22.6 Å². The summed E-state index contributed by atoms with van der Waals surface area (Å²) in [6.07, 6.45) is 1.50. The molecule has 0 fully saturated rings. The first kappa shape index (κ1) is 7.55. The minimum Gasteiger partial charge on any atom is -0.432 e. The lowest BCUT2D eigenvalue weighted by atomic mass is 10.2. The fourth-order valence-corrected chi connectivity index (χ4v) is 1.51. The Morgan fingerprint density at radius 3 is 3.08 bits per heavy atom. The first-order chi connectivity index (χ1) is 5.79. The van der Waals surface area contributed by atoms with Gasteiger partial charge in [-0.2, -0.15) is 5.26 Å². The molecule has 0 amide bonds. The van der Waals surface area contributed by atoms with Crippen molar-refractivity contribution in [1.82, 2.24) is 4.98 Å². The van der Waals surface area contributed by atoms with E-state index in [4.69, 9.17) is 9.68 Å². The molecule has 58 valence electrons. The Morgan fingerprint density at radius 2 is 2.33 bits per heavy atom. The molecule has 0 spiro atoms. The van der Waals surface area contributed by atoms with Gasteiger partial charge in [0.1, 0.15) is 6.07 Å². The van der Waals surface area contributed by atoms with E-state index in [-0.39, 0.29) is 0 Å². The van der Waals surface area contributed by atoms with Crippen molar-refractivity contribution in [1.29, 1.82) is 5.26 Å². The molecule has 0 bridgehead atoms. The first-order valence-electron chi connectivity index (χ1n) is 3.25. The number of pyridine rings is 1. The lowest BCUT2D eigenvalue weighted by molar-refractivity contribution is 0.572. The zero-order valence-electron chi connectivity index (χ0n) is 5.91. The average Bonchev–Trinajstić information content (AvgIpc) is 2.43. The molecule has 0 radical (unpaired) electrons. The molecule has 4 heteroatoms. The number of nitrogens with zero attached hydrogens (tertiary/aromatic N) is 2. The highest BCUT2D eigenvalue weighted by molar-refractivity contribution is 14.1. The molecule has 0 aliphatic rings. The zero-order valence-corrected chi connectivity index (χ0v) is 8.07. The normalized spacial score (nSPS) is 10.0. The topological polar surface area (TPSA) is 49.8 Å². The van der Waals surface area contributed by atoms with Crippen LogP contribution in [0.15, 0.2) is 22.7 Å². The summed E-state index contributed by atoms with van der Waals surface area (Å²) in [5.74, 6) is 0. The second kappa shape index (κ2) is 2.75. The van der Waals surface area contributed by atoms with Crippen molar-refractivity contribution >= 4 is 33.7 Å². The van der Waals surface area contributed by atoms with Crippen LogP contribution in [0.4, 0.5) is 0 Å². The van der Waals surface area contributed by atoms with Gasteiger partial charge < -0.3 is 4.42 Å². The summed E-state index contributed by atoms with van der Waals surface area (Å²) in [6.45, 7) is 0. The van der Waals surface area contributed by atoms with E-state index in [1.54, 1.807) is 6.07 Å². The molecule has 2 aromatic rings. The summed E-state index contributed by atoms with van der Waals surface area (Å²) >= 11 is 2.07. The van der Waals surface area contributed by atoms with Gasteiger partial charge >= 0.3 is 0 Å². The SMILES string of the molecule is N#Cc1cnc2oc(I)cc2c1. The highest BCUT2D eigenvalue weighted by atomic mass is 127. The molecule has 0 atom stereocenters. The van der Waals surface area contributed by atoms with Crippen LogP contribution in [0.25, 0.3) is 11.1 Å². The predicted molar refractivity (Wildman–Crippen MR) is 51.4 cm³/mol. The zero-order chi connectivity index (χ0) is 8.55. The van der Waals surface area contributed by atoms with Crippen molar-refractivity contribution in [2.75, 3.05) is 0 Å². The quantitative estimate of drug-likeness (QED) is 0.690. The average molecular weight is 270 g/mol. The van der Waals surface area contributed by atoms with Crippen LogP contribution in [0.3, 0.4) is 0 Å². The number of aromatic nitrogens is 1. The Bertz CT molecular complexity index is 469. The van der Waals surface area contributed by atoms with Crippen molar-refractivity contribution in [2.45, 2.75) is 0 Å². The first-order valence-corrected chi connectivity index (χ1v) is 4.32. The minimum absolute atomic E-state index is 0.555. The van der Waals surface area contributed by atoms with E-state index in [0.717, 1.165) is 9.15 Å². The van der Waals surface area contributed by atoms with Gasteiger partial charge in [-0.3, -0.25) is 0 Å². The molecular weight excluding hydrogens is 267 g/mol. The Labute approximate surface area is 82.1 Å². The molecule has 3 nitrogen and oxygen atoms in total. The predicted octanol–water partition coefficient (Wildman–Crippen LogP) is 2.30. The lowest BCUT2D eigenvalue weighted by Gasteiger charge is -1.86. The van der Waals surface area contributed by atoms with Crippen LogP contribution in [0, 0.1) is 15.1 Å². The molecule has 0 aromatic carbocycles. The highest BCUT2D eigenvalue weighted by Crippen LogP contribution is 2.18. The third-order valence-corrected chi connectivity index (χ3v) is 2.00. The molecular formula is C8H3IN2O. The van der Waals surface area contributed by atoms with E-state index in [0.29, 0.717) is 11.3 Å². The molecule has 0 unspecified atom stereocenters. The molecule has 0 aliphatic carbocycles. The van der Waals surface area contributed by atoms with Gasteiger partial charge in [0.05, 0.1) is 5.56 Å². The third-order valence-electron chi connectivity index (χ3n) is 1.47. The number of furan rings is 1. The molecule has 12 heavy (non-hydrogen) atoms. The van der Waals surface area contributed by atoms with E-state index >= 15 is 0 Å². The summed E-state index contributed by atoms with van der Waals surface area (Å²) in [6, 6.07) is 5.63. The molecule has 2 aromatic heterocycles. The molecule has 0 saturated heterocycles. The fourth-order valence-electron chi connectivity index (χ4n) is 0.963. The lowest BCUT2D eigenvalue weighted by Crippen LogP contribution is -1.76. The van der Waals surface area contributed by atoms with E-state index in [1.165, 1.54) is 6.20 Å². The maximum atomic E-state index is 8.58. The minimum atomic E-state index is 0.555. The summed E-state index contributed by atoms with van der Waals surface area (Å²) < 4.78 is 6.02. The van der Waals surface area contributed by atoms with E-state index in [2.05, 4.69) is 27.6 Å². The Hall–Kier alpha value is -1.09. The number of rotatable bonds is 0. The molecule has 0 N–H and O–H groups in total. The molecule has 0 saturated carbocycles. The van der Waals surface area contributed by atoms with Gasteiger partial charge in [-0.1, -0.05) is 0 Å². The maximum absolute atomic E-state index is 8.58. The van der Waals surface area contributed by atoms with Gasteiger partial charge in [-0.05, 0) is 34.7 Å². The molecule has 2 rings (SSSR count). The van der Waals surface area contributed by atoms with Crippen molar-refractivity contribution in [3.8, 4) is 6.07 Å². The fraction of sp³-hybridized carbons (Fsp3) is 0. The monoisotopic (exact) mass is 270 g/mol. The Kier molecular flexibility index (Phi) is 1.73. The highest BCUT2D eigenvalue weighted by Gasteiger charge is 2.02. The Morgan fingerprint density at radius 1 is 1.50 bits per heavy atom. The van der Waals surface area contributed by atoms with Crippen molar-refractivity contribution in [3.63, 3.8) is 0 Å². The van der Waals surface area contributed by atoms with Crippen LogP contribution in [0.5, 0.6) is 0 Å². The standard InChI is InChI=1S/C8H3IN2O/c9-7-2-6-1-5(3-10)4-11-8(6)12-7/h1-2,4H. The summed E-state index contributed by atoms with van der Waals surface area (Å²) in [5.41, 5.74) is 1.14. The van der Waals surface area contributed by atoms with Gasteiger partial charge in [-0.15, -0.1) is 0 Å². The van der Waals surface area contributed by atoms with Crippen LogP contribution < -0.4 is 0 Å². The summed E-state index contributed by atoms with van der Waals surface area (Å²) in [5, 5.41) is 9.45. The number of halogens is 1. The Balaban J connectivity index is 2.77. The van der Waals surface area contributed by atoms with Crippen LogP contribution in [0.1, 0.15) is 5.56 Å². The van der Waals surface area contributed by atoms with Gasteiger partial charge in [-0.25, -0.2) is 4.98 Å². The van der Waals surface area contributed by atoms with Gasteiger partial charge in [0, 0.05) is 11.6 Å². The van der Waals surface area contributed by atoms with Gasteiger partial charge in [0.25, 0.3) is 0 Å². The number of hydrogen-bond acceptors (Lipinski definition) is 3. The van der Waals surface area contributed by atoms with Crippen molar-refractivity contribution in [2.24, 2.45) is 0 Å². The van der Waals surface area contributed by atoms with Crippen molar-refractivity contribution < 1.29 is 4.42 Å². The van der Waals surface area contributed by atoms with Crippen LogP contribution in [0.2, 0.25) is 0 Å². The number of fused-ring (bicyclic) bond motifs is 1.